The van der Waals surface area contributed by atoms with Gasteiger partial charge < -0.3 is 14.8 Å². The highest BCUT2D eigenvalue weighted by Gasteiger charge is 2.18. The van der Waals surface area contributed by atoms with Crippen LogP contribution in [0.1, 0.15) is 11.3 Å². The first kappa shape index (κ1) is 18.6. The minimum absolute atomic E-state index is 0.215. The van der Waals surface area contributed by atoms with Crippen LogP contribution in [0.5, 0.6) is 11.5 Å². The lowest BCUT2D eigenvalue weighted by Gasteiger charge is -2.19. The molecule has 1 amide bonds. The summed E-state index contributed by atoms with van der Waals surface area (Å²) in [5, 5.41) is 2.78. The van der Waals surface area contributed by atoms with Crippen LogP contribution in [0.25, 0.3) is 11.5 Å². The van der Waals surface area contributed by atoms with Crippen LogP contribution in [0.4, 0.5) is 5.69 Å². The Balaban J connectivity index is 1.63. The van der Waals surface area contributed by atoms with E-state index >= 15 is 0 Å². The number of carbonyl (C=O) groups excluding carboxylic acids is 1. The zero-order valence-corrected chi connectivity index (χ0v) is 16.0. The van der Waals surface area contributed by atoms with Gasteiger partial charge in [0.25, 0.3) is 5.56 Å². The highest BCUT2D eigenvalue weighted by molar-refractivity contribution is 5.91. The first-order valence-corrected chi connectivity index (χ1v) is 9.07. The fraction of sp³-hybridized carbons (Fsp3) is 0.250. The van der Waals surface area contributed by atoms with E-state index in [0.717, 1.165) is 0 Å². The van der Waals surface area contributed by atoms with Crippen LogP contribution < -0.4 is 20.3 Å². The van der Waals surface area contributed by atoms with Crippen molar-refractivity contribution in [3.8, 4) is 23.0 Å². The summed E-state index contributed by atoms with van der Waals surface area (Å²) in [6.45, 7) is 4.16. The number of anilines is 1. The van der Waals surface area contributed by atoms with Gasteiger partial charge in [0, 0.05) is 35.4 Å². The van der Waals surface area contributed by atoms with E-state index in [4.69, 9.17) is 9.47 Å². The number of fused-ring (bicyclic) bond motifs is 1. The van der Waals surface area contributed by atoms with Crippen molar-refractivity contribution in [2.45, 2.75) is 20.4 Å². The summed E-state index contributed by atoms with van der Waals surface area (Å²) in [5.74, 6) is 1.12. The fourth-order valence-electron chi connectivity index (χ4n) is 2.98. The van der Waals surface area contributed by atoms with Gasteiger partial charge in [0.05, 0.1) is 6.20 Å². The van der Waals surface area contributed by atoms with Gasteiger partial charge in [-0.15, -0.1) is 0 Å². The molecular formula is C20H19N5O4. The predicted molar refractivity (Wildman–Crippen MR) is 105 cm³/mol. The van der Waals surface area contributed by atoms with Gasteiger partial charge in [0.15, 0.2) is 17.3 Å². The highest BCUT2D eigenvalue weighted by atomic mass is 16.6. The molecule has 0 saturated carbocycles. The number of amides is 1. The predicted octanol–water partition coefficient (Wildman–Crippen LogP) is 1.73. The molecule has 3 heterocycles. The fourth-order valence-corrected chi connectivity index (χ4v) is 2.98. The summed E-state index contributed by atoms with van der Waals surface area (Å²) in [7, 11) is 0. The van der Waals surface area contributed by atoms with E-state index < -0.39 is 0 Å². The summed E-state index contributed by atoms with van der Waals surface area (Å²) in [6.07, 6.45) is 4.55. The average molecular weight is 393 g/mol. The maximum absolute atomic E-state index is 12.8. The van der Waals surface area contributed by atoms with E-state index in [1.54, 1.807) is 32.0 Å². The molecule has 9 nitrogen and oxygen atoms in total. The van der Waals surface area contributed by atoms with E-state index in [-0.39, 0.29) is 18.0 Å². The van der Waals surface area contributed by atoms with Gasteiger partial charge in [-0.3, -0.25) is 19.1 Å². The van der Waals surface area contributed by atoms with Gasteiger partial charge in [0.2, 0.25) is 5.91 Å². The molecule has 0 aliphatic carbocycles. The largest absolute Gasteiger partial charge is 0.486 e. The summed E-state index contributed by atoms with van der Waals surface area (Å²) in [4.78, 5) is 38.2. The number of rotatable bonds is 4. The molecule has 0 fully saturated rings. The van der Waals surface area contributed by atoms with Crippen molar-refractivity contribution in [1.29, 1.82) is 0 Å². The second-order valence-electron chi connectivity index (χ2n) is 6.53. The highest BCUT2D eigenvalue weighted by Crippen LogP contribution is 2.32. The second-order valence-corrected chi connectivity index (χ2v) is 6.53. The Kier molecular flexibility index (Phi) is 4.94. The Morgan fingerprint density at radius 2 is 1.97 bits per heavy atom. The summed E-state index contributed by atoms with van der Waals surface area (Å²) >= 11 is 0. The minimum atomic E-state index is -0.376. The molecule has 1 aliphatic heterocycles. The lowest BCUT2D eigenvalue weighted by molar-refractivity contribution is -0.116. The quantitative estimate of drug-likeness (QED) is 0.719. The van der Waals surface area contributed by atoms with E-state index in [1.165, 1.54) is 23.2 Å². The number of nitrogens with zero attached hydrogens (tertiary/aromatic N) is 4. The van der Waals surface area contributed by atoms with Gasteiger partial charge >= 0.3 is 0 Å². The smallest absolute Gasteiger partial charge is 0.257 e. The van der Waals surface area contributed by atoms with Crippen LogP contribution in [0, 0.1) is 13.8 Å². The Bertz CT molecular complexity index is 1130. The van der Waals surface area contributed by atoms with Crippen molar-refractivity contribution in [3.05, 3.63) is 58.4 Å². The van der Waals surface area contributed by atoms with Crippen molar-refractivity contribution in [2.24, 2.45) is 0 Å². The molecular weight excluding hydrogens is 374 g/mol. The minimum Gasteiger partial charge on any atom is -0.486 e. The molecule has 0 unspecified atom stereocenters. The first-order chi connectivity index (χ1) is 14.0. The third kappa shape index (κ3) is 3.79. The van der Waals surface area contributed by atoms with E-state index in [9.17, 15) is 9.59 Å². The number of carbonyl (C=O) groups is 1. The standard InChI is InChI=1S/C20H19N5O4/c1-12-13(2)23-19(15-10-21-5-6-22-15)25(20(12)27)11-18(26)24-14-3-4-16-17(9-14)29-8-7-28-16/h3-6,9-10H,7-8,11H2,1-2H3,(H,24,26). The maximum atomic E-state index is 12.8. The topological polar surface area (TPSA) is 108 Å². The van der Waals surface area contributed by atoms with Crippen LogP contribution in [-0.2, 0) is 11.3 Å². The average Bonchev–Trinajstić information content (AvgIpc) is 2.74. The van der Waals surface area contributed by atoms with Crippen LogP contribution in [0.3, 0.4) is 0 Å². The van der Waals surface area contributed by atoms with Gasteiger partial charge in [-0.25, -0.2) is 9.97 Å². The normalized spacial score (nSPS) is 12.5. The number of aryl methyl sites for hydroxylation is 1. The van der Waals surface area contributed by atoms with E-state index in [0.29, 0.717) is 53.2 Å². The van der Waals surface area contributed by atoms with Gasteiger partial charge in [-0.05, 0) is 26.0 Å². The Morgan fingerprint density at radius 1 is 1.17 bits per heavy atom. The van der Waals surface area contributed by atoms with Gasteiger partial charge in [-0.2, -0.15) is 0 Å². The summed E-state index contributed by atoms with van der Waals surface area (Å²) in [6, 6.07) is 5.15. The molecule has 29 heavy (non-hydrogen) atoms. The molecule has 2 aromatic heterocycles. The van der Waals surface area contributed by atoms with Gasteiger partial charge in [0.1, 0.15) is 25.5 Å². The maximum Gasteiger partial charge on any atom is 0.257 e. The van der Waals surface area contributed by atoms with E-state index in [1.807, 2.05) is 0 Å². The number of ether oxygens (including phenoxy) is 2. The van der Waals surface area contributed by atoms with Crippen molar-refractivity contribution < 1.29 is 14.3 Å². The first-order valence-electron chi connectivity index (χ1n) is 9.07. The second kappa shape index (κ2) is 7.70. The third-order valence-electron chi connectivity index (χ3n) is 4.56. The molecule has 0 atom stereocenters. The van der Waals surface area contributed by atoms with Crippen molar-refractivity contribution >= 4 is 11.6 Å². The molecule has 1 aromatic carbocycles. The van der Waals surface area contributed by atoms with Crippen molar-refractivity contribution in [3.63, 3.8) is 0 Å². The molecule has 148 valence electrons. The molecule has 0 saturated heterocycles. The van der Waals surface area contributed by atoms with Crippen molar-refractivity contribution in [1.82, 2.24) is 19.5 Å². The van der Waals surface area contributed by atoms with E-state index in [2.05, 4.69) is 20.3 Å². The Hall–Kier alpha value is -3.75. The molecule has 9 heteroatoms. The van der Waals surface area contributed by atoms with Crippen LogP contribution >= 0.6 is 0 Å². The van der Waals surface area contributed by atoms with Gasteiger partial charge in [-0.1, -0.05) is 0 Å². The number of hydrogen-bond acceptors (Lipinski definition) is 7. The molecule has 0 bridgehead atoms. The van der Waals surface area contributed by atoms with Crippen LogP contribution in [-0.4, -0.2) is 38.6 Å². The third-order valence-corrected chi connectivity index (χ3v) is 4.56. The molecule has 0 spiro atoms. The molecule has 1 aliphatic rings. The summed E-state index contributed by atoms with van der Waals surface area (Å²) in [5.41, 5.74) is 1.73. The molecule has 3 aromatic rings. The molecule has 4 rings (SSSR count). The van der Waals surface area contributed by atoms with Crippen LogP contribution in [0.2, 0.25) is 0 Å². The molecule has 0 radical (unpaired) electrons. The monoisotopic (exact) mass is 393 g/mol. The zero-order chi connectivity index (χ0) is 20.4. The number of benzene rings is 1. The number of nitrogens with one attached hydrogen (secondary N) is 1. The number of hydrogen-bond donors (Lipinski definition) is 1. The Morgan fingerprint density at radius 3 is 2.72 bits per heavy atom. The SMILES string of the molecule is Cc1nc(-c2cnccn2)n(CC(=O)Nc2ccc3c(c2)OCCO3)c(=O)c1C. The zero-order valence-electron chi connectivity index (χ0n) is 16.0. The van der Waals surface area contributed by atoms with Crippen LogP contribution in [0.15, 0.2) is 41.6 Å². The van der Waals surface area contributed by atoms with Crippen molar-refractivity contribution in [2.75, 3.05) is 18.5 Å². The lowest BCUT2D eigenvalue weighted by Crippen LogP contribution is -2.32. The summed E-state index contributed by atoms with van der Waals surface area (Å²) < 4.78 is 12.3. The molecule has 1 N–H and O–H groups in total. The number of aromatic nitrogens is 4. The Labute approximate surface area is 166 Å². The lowest BCUT2D eigenvalue weighted by atomic mass is 10.2.